The number of pyridine rings is 2. The molecule has 3 N–H and O–H groups in total. The zero-order chi connectivity index (χ0) is 25.6. The average molecular weight is 504 g/mol. The quantitative estimate of drug-likeness (QED) is 0.352. The number of fused-ring (bicyclic) bond motifs is 3. The number of hydrogen-bond donors (Lipinski definition) is 3. The molecule has 0 aliphatic carbocycles. The lowest BCUT2D eigenvalue weighted by Crippen LogP contribution is -2.56. The van der Waals surface area contributed by atoms with E-state index < -0.39 is 5.60 Å². The van der Waals surface area contributed by atoms with Crippen molar-refractivity contribution in [2.45, 2.75) is 63.9 Å². The van der Waals surface area contributed by atoms with Crippen LogP contribution in [0, 0.1) is 6.92 Å². The third kappa shape index (κ3) is 5.46. The molecule has 2 aliphatic rings. The molecule has 2 aliphatic heterocycles. The number of piperidine rings is 1. The standard InChI is InChI=1S/C27H33N7O3/c1-17-6-24(25(12-28-17)37-23-8-19-14-36-15-20(9-23)30-19)18-4-5-34-22(7-18)10-26(32-34)31-21-11-29-33(13-21)16-27(2,3)35/h4-7,10-13,19-20,23,30,35H,8-9,14-16H2,1-3H3,(H,31,32). The van der Waals surface area contributed by atoms with Crippen LogP contribution in [0.1, 0.15) is 32.4 Å². The number of rotatable bonds is 7. The number of hydrogen-bond acceptors (Lipinski definition) is 8. The summed E-state index contributed by atoms with van der Waals surface area (Å²) in [5.41, 5.74) is 3.95. The second kappa shape index (κ2) is 9.44. The predicted octanol–water partition coefficient (Wildman–Crippen LogP) is 3.31. The normalized spacial score (nSPS) is 21.8. The van der Waals surface area contributed by atoms with Gasteiger partial charge in [0.1, 0.15) is 11.9 Å². The Kier molecular flexibility index (Phi) is 6.10. The summed E-state index contributed by atoms with van der Waals surface area (Å²) in [6, 6.07) is 8.93. The fraction of sp³-hybridized carbons (Fsp3) is 0.444. The van der Waals surface area contributed by atoms with Gasteiger partial charge in [-0.3, -0.25) is 9.67 Å². The van der Waals surface area contributed by atoms with Gasteiger partial charge in [-0.25, -0.2) is 4.52 Å². The largest absolute Gasteiger partial charge is 0.488 e. The molecular formula is C27H33N7O3. The molecular weight excluding hydrogens is 470 g/mol. The molecule has 4 aromatic rings. The van der Waals surface area contributed by atoms with E-state index in [9.17, 15) is 5.11 Å². The molecule has 10 nitrogen and oxygen atoms in total. The van der Waals surface area contributed by atoms with Crippen molar-refractivity contribution in [1.82, 2.24) is 29.7 Å². The van der Waals surface area contributed by atoms with Gasteiger partial charge >= 0.3 is 0 Å². The third-order valence-corrected chi connectivity index (χ3v) is 6.73. The Hall–Kier alpha value is -3.47. The van der Waals surface area contributed by atoms with Gasteiger partial charge in [0.2, 0.25) is 0 Å². The lowest BCUT2D eigenvalue weighted by Gasteiger charge is -2.40. The fourth-order valence-corrected chi connectivity index (χ4v) is 5.21. The summed E-state index contributed by atoms with van der Waals surface area (Å²) in [6.45, 7) is 7.40. The van der Waals surface area contributed by atoms with Gasteiger partial charge in [0.15, 0.2) is 5.82 Å². The maximum atomic E-state index is 10.0. The first-order valence-electron chi connectivity index (χ1n) is 12.8. The molecule has 2 unspecified atom stereocenters. The first-order chi connectivity index (χ1) is 17.8. The Morgan fingerprint density at radius 1 is 1.19 bits per heavy atom. The van der Waals surface area contributed by atoms with Crippen LogP contribution in [-0.4, -0.2) is 66.5 Å². The Morgan fingerprint density at radius 2 is 2.00 bits per heavy atom. The first-order valence-corrected chi connectivity index (χ1v) is 12.8. The minimum atomic E-state index is -0.835. The second-order valence-electron chi connectivity index (χ2n) is 10.8. The van der Waals surface area contributed by atoms with Gasteiger partial charge in [-0.1, -0.05) is 0 Å². The molecule has 0 amide bonds. The third-order valence-electron chi connectivity index (χ3n) is 6.73. The van der Waals surface area contributed by atoms with E-state index in [1.807, 2.05) is 36.1 Å². The number of morpholine rings is 1. The molecule has 2 saturated heterocycles. The Morgan fingerprint density at radius 3 is 2.78 bits per heavy atom. The van der Waals surface area contributed by atoms with Crippen molar-refractivity contribution in [1.29, 1.82) is 0 Å². The van der Waals surface area contributed by atoms with E-state index >= 15 is 0 Å². The van der Waals surface area contributed by atoms with Crippen LogP contribution < -0.4 is 15.4 Å². The number of aryl methyl sites for hydroxylation is 1. The number of nitrogens with zero attached hydrogens (tertiary/aromatic N) is 5. The molecule has 0 aromatic carbocycles. The Balaban J connectivity index is 1.23. The lowest BCUT2D eigenvalue weighted by molar-refractivity contribution is -0.0122. The molecule has 37 heavy (non-hydrogen) atoms. The minimum Gasteiger partial charge on any atom is -0.488 e. The van der Waals surface area contributed by atoms with E-state index in [0.717, 1.165) is 59.8 Å². The van der Waals surface area contributed by atoms with Crippen LogP contribution in [-0.2, 0) is 11.3 Å². The summed E-state index contributed by atoms with van der Waals surface area (Å²) in [6.07, 6.45) is 9.37. The molecule has 194 valence electrons. The molecule has 6 heterocycles. The van der Waals surface area contributed by atoms with Crippen LogP contribution in [0.4, 0.5) is 11.5 Å². The van der Waals surface area contributed by atoms with Gasteiger partial charge in [-0.05, 0) is 44.5 Å². The second-order valence-corrected chi connectivity index (χ2v) is 10.8. The monoisotopic (exact) mass is 503 g/mol. The minimum absolute atomic E-state index is 0.134. The van der Waals surface area contributed by atoms with Crippen molar-refractivity contribution in [3.05, 3.63) is 54.7 Å². The highest BCUT2D eigenvalue weighted by Gasteiger charge is 2.33. The van der Waals surface area contributed by atoms with Crippen molar-refractivity contribution in [3.63, 3.8) is 0 Å². The fourth-order valence-electron chi connectivity index (χ4n) is 5.21. The van der Waals surface area contributed by atoms with Gasteiger partial charge in [0.05, 0.1) is 49.0 Å². The predicted molar refractivity (Wildman–Crippen MR) is 140 cm³/mol. The number of nitrogens with one attached hydrogen (secondary N) is 2. The SMILES string of the molecule is Cc1cc(-c2ccn3nc(Nc4cnn(CC(C)(C)O)c4)cc3c2)c(OC2CC3COCC(C2)N3)cn1. The van der Waals surface area contributed by atoms with Crippen LogP contribution >= 0.6 is 0 Å². The van der Waals surface area contributed by atoms with E-state index in [4.69, 9.17) is 9.47 Å². The molecule has 6 rings (SSSR count). The van der Waals surface area contributed by atoms with Crippen LogP contribution in [0.15, 0.2) is 49.1 Å². The molecule has 10 heteroatoms. The molecule has 0 radical (unpaired) electrons. The van der Waals surface area contributed by atoms with Crippen LogP contribution in [0.25, 0.3) is 16.6 Å². The van der Waals surface area contributed by atoms with Crippen molar-refractivity contribution in [3.8, 4) is 16.9 Å². The van der Waals surface area contributed by atoms with Crippen molar-refractivity contribution >= 4 is 17.0 Å². The summed E-state index contributed by atoms with van der Waals surface area (Å²) >= 11 is 0. The number of anilines is 2. The van der Waals surface area contributed by atoms with E-state index in [1.165, 1.54) is 0 Å². The summed E-state index contributed by atoms with van der Waals surface area (Å²) < 4.78 is 15.8. The highest BCUT2D eigenvalue weighted by molar-refractivity contribution is 5.75. The van der Waals surface area contributed by atoms with Gasteiger partial charge in [-0.2, -0.15) is 10.2 Å². The molecule has 2 atom stereocenters. The Bertz CT molecular complexity index is 1390. The van der Waals surface area contributed by atoms with Crippen molar-refractivity contribution in [2.75, 3.05) is 18.5 Å². The van der Waals surface area contributed by atoms with E-state index in [2.05, 4.69) is 44.0 Å². The number of ether oxygens (including phenoxy) is 2. The van der Waals surface area contributed by atoms with E-state index in [0.29, 0.717) is 24.4 Å². The number of aromatic nitrogens is 5. The van der Waals surface area contributed by atoms with Gasteiger partial charge in [0, 0.05) is 54.6 Å². The molecule has 0 saturated carbocycles. The molecule has 4 aromatic heterocycles. The zero-order valence-corrected chi connectivity index (χ0v) is 21.4. The van der Waals surface area contributed by atoms with Gasteiger partial charge in [-0.15, -0.1) is 0 Å². The maximum Gasteiger partial charge on any atom is 0.153 e. The van der Waals surface area contributed by atoms with Crippen molar-refractivity contribution < 1.29 is 14.6 Å². The van der Waals surface area contributed by atoms with Gasteiger partial charge in [0.25, 0.3) is 0 Å². The number of aliphatic hydroxyl groups is 1. The van der Waals surface area contributed by atoms with E-state index in [-0.39, 0.29) is 6.10 Å². The molecule has 2 bridgehead atoms. The Labute approximate surface area is 215 Å². The molecule has 0 spiro atoms. The van der Waals surface area contributed by atoms with Crippen LogP contribution in [0.2, 0.25) is 0 Å². The molecule has 2 fully saturated rings. The van der Waals surface area contributed by atoms with Gasteiger partial charge < -0.3 is 25.2 Å². The first kappa shape index (κ1) is 23.9. The maximum absolute atomic E-state index is 10.0. The summed E-state index contributed by atoms with van der Waals surface area (Å²) in [5.74, 6) is 1.52. The zero-order valence-electron chi connectivity index (χ0n) is 21.4. The average Bonchev–Trinajstić information content (AvgIpc) is 3.44. The smallest absolute Gasteiger partial charge is 0.153 e. The van der Waals surface area contributed by atoms with Crippen molar-refractivity contribution in [2.24, 2.45) is 0 Å². The summed E-state index contributed by atoms with van der Waals surface area (Å²) in [7, 11) is 0. The highest BCUT2D eigenvalue weighted by Crippen LogP contribution is 2.34. The van der Waals surface area contributed by atoms with E-state index in [1.54, 1.807) is 24.7 Å². The van der Waals surface area contributed by atoms with Crippen LogP contribution in [0.5, 0.6) is 5.75 Å². The summed E-state index contributed by atoms with van der Waals surface area (Å²) in [4.78, 5) is 4.52. The topological polar surface area (TPSA) is 111 Å². The van der Waals surface area contributed by atoms with Crippen LogP contribution in [0.3, 0.4) is 0 Å². The highest BCUT2D eigenvalue weighted by atomic mass is 16.5. The lowest BCUT2D eigenvalue weighted by atomic mass is 9.94. The summed E-state index contributed by atoms with van der Waals surface area (Å²) in [5, 5.41) is 25.9.